The molecule has 5 heteroatoms. The van der Waals surface area contributed by atoms with Crippen molar-refractivity contribution >= 4 is 17.6 Å². The van der Waals surface area contributed by atoms with Gasteiger partial charge in [0.05, 0.1) is 17.8 Å². The molecule has 0 aromatic heterocycles. The first-order valence-corrected chi connectivity index (χ1v) is 7.71. The molecule has 0 bridgehead atoms. The molecule has 0 N–H and O–H groups in total. The molecule has 0 atom stereocenters. The lowest BCUT2D eigenvalue weighted by molar-refractivity contribution is 0.0833. The van der Waals surface area contributed by atoms with Crippen LogP contribution in [0.2, 0.25) is 0 Å². The van der Waals surface area contributed by atoms with Gasteiger partial charge in [-0.2, -0.15) is 0 Å². The average molecular weight is 309 g/mol. The van der Waals surface area contributed by atoms with Crippen molar-refractivity contribution in [3.05, 3.63) is 65.5 Å². The Hall–Kier alpha value is -2.69. The van der Waals surface area contributed by atoms with Crippen molar-refractivity contribution in [3.8, 4) is 0 Å². The Morgan fingerprint density at radius 2 is 1.87 bits per heavy atom. The van der Waals surface area contributed by atoms with E-state index in [1.165, 1.54) is 12.1 Å². The predicted molar refractivity (Wildman–Crippen MR) is 87.0 cm³/mol. The number of hydrogen-bond acceptors (Lipinski definition) is 3. The van der Waals surface area contributed by atoms with Gasteiger partial charge in [-0.15, -0.1) is 0 Å². The minimum Gasteiger partial charge on any atom is -0.307 e. The highest BCUT2D eigenvalue weighted by Gasteiger charge is 2.35. The first kappa shape index (κ1) is 13.9. The highest BCUT2D eigenvalue weighted by Crippen LogP contribution is 2.31. The van der Waals surface area contributed by atoms with E-state index in [4.69, 9.17) is 0 Å². The van der Waals surface area contributed by atoms with Crippen LogP contribution in [0.4, 0.5) is 10.1 Å². The molecule has 2 aromatic rings. The second-order valence-electron chi connectivity index (χ2n) is 5.72. The Kier molecular flexibility index (Phi) is 3.33. The number of hydrogen-bond donors (Lipinski definition) is 0. The quantitative estimate of drug-likeness (QED) is 0.855. The number of anilines is 1. The van der Waals surface area contributed by atoms with Crippen molar-refractivity contribution < 1.29 is 9.18 Å². The maximum Gasteiger partial charge on any atom is 0.262 e. The molecule has 2 aliphatic rings. The van der Waals surface area contributed by atoms with Crippen LogP contribution in [0.5, 0.6) is 0 Å². The molecule has 2 aliphatic heterocycles. The van der Waals surface area contributed by atoms with Gasteiger partial charge >= 0.3 is 0 Å². The summed E-state index contributed by atoms with van der Waals surface area (Å²) in [7, 11) is 0. The smallest absolute Gasteiger partial charge is 0.262 e. The number of halogens is 1. The van der Waals surface area contributed by atoms with Gasteiger partial charge in [-0.05, 0) is 36.2 Å². The molecule has 0 radical (unpaired) electrons. The molecule has 0 aliphatic carbocycles. The lowest BCUT2D eigenvalue weighted by Crippen LogP contribution is -2.53. The van der Waals surface area contributed by atoms with Crippen LogP contribution in [-0.2, 0) is 6.54 Å². The van der Waals surface area contributed by atoms with Crippen LogP contribution in [0.1, 0.15) is 22.3 Å². The standard InChI is InChI=1S/C18H16FN3O/c19-14-8-6-13(7-9-14)12-22-16-5-2-1-4-15(16)17(23)21-11-3-10-20-18(21)22/h1-2,4-9H,3,10-12H2. The van der Waals surface area contributed by atoms with Crippen molar-refractivity contribution in [1.29, 1.82) is 0 Å². The van der Waals surface area contributed by atoms with Gasteiger partial charge < -0.3 is 4.90 Å². The van der Waals surface area contributed by atoms with E-state index in [1.54, 1.807) is 17.0 Å². The minimum absolute atomic E-state index is 0.00871. The number of para-hydroxylation sites is 1. The van der Waals surface area contributed by atoms with E-state index < -0.39 is 0 Å². The number of aliphatic imine (C=N–C) groups is 1. The number of nitrogens with zero attached hydrogens (tertiary/aromatic N) is 3. The molecule has 2 aromatic carbocycles. The summed E-state index contributed by atoms with van der Waals surface area (Å²) >= 11 is 0. The van der Waals surface area contributed by atoms with Crippen molar-refractivity contribution in [2.45, 2.75) is 13.0 Å². The molecular formula is C18H16FN3O. The van der Waals surface area contributed by atoms with Crippen LogP contribution in [0.3, 0.4) is 0 Å². The first-order chi connectivity index (χ1) is 11.2. The summed E-state index contributed by atoms with van der Waals surface area (Å²) in [6.07, 6.45) is 0.877. The Bertz CT molecular complexity index is 785. The number of carbonyl (C=O) groups is 1. The minimum atomic E-state index is -0.250. The summed E-state index contributed by atoms with van der Waals surface area (Å²) in [6.45, 7) is 1.97. The zero-order valence-corrected chi connectivity index (χ0v) is 12.6. The Labute approximate surface area is 133 Å². The summed E-state index contributed by atoms with van der Waals surface area (Å²) in [5.74, 6) is 0.457. The molecule has 23 heavy (non-hydrogen) atoms. The highest BCUT2D eigenvalue weighted by molar-refractivity contribution is 6.18. The second-order valence-corrected chi connectivity index (χ2v) is 5.72. The Morgan fingerprint density at radius 1 is 1.09 bits per heavy atom. The molecule has 2 heterocycles. The van der Waals surface area contributed by atoms with Gasteiger partial charge in [0.25, 0.3) is 5.91 Å². The van der Waals surface area contributed by atoms with Crippen molar-refractivity contribution in [3.63, 3.8) is 0 Å². The Balaban J connectivity index is 1.78. The van der Waals surface area contributed by atoms with Gasteiger partial charge in [-0.25, -0.2) is 4.39 Å². The lowest BCUT2D eigenvalue weighted by Gasteiger charge is -2.40. The summed E-state index contributed by atoms with van der Waals surface area (Å²) in [6, 6.07) is 14.0. The third-order valence-corrected chi connectivity index (χ3v) is 4.20. The summed E-state index contributed by atoms with van der Waals surface area (Å²) in [4.78, 5) is 21.0. The van der Waals surface area contributed by atoms with Gasteiger partial charge in [0.15, 0.2) is 0 Å². The maximum absolute atomic E-state index is 13.1. The van der Waals surface area contributed by atoms with Gasteiger partial charge in [-0.3, -0.25) is 14.7 Å². The van der Waals surface area contributed by atoms with Gasteiger partial charge in [0.2, 0.25) is 5.96 Å². The molecule has 0 saturated carbocycles. The number of benzene rings is 2. The fourth-order valence-corrected chi connectivity index (χ4v) is 3.09. The van der Waals surface area contributed by atoms with Crippen molar-refractivity contribution in [1.82, 2.24) is 4.90 Å². The fourth-order valence-electron chi connectivity index (χ4n) is 3.09. The first-order valence-electron chi connectivity index (χ1n) is 7.71. The molecule has 0 unspecified atom stereocenters. The molecular weight excluding hydrogens is 293 g/mol. The molecule has 0 saturated heterocycles. The van der Waals surface area contributed by atoms with E-state index >= 15 is 0 Å². The number of amides is 1. The van der Waals surface area contributed by atoms with Crippen LogP contribution < -0.4 is 4.90 Å². The number of carbonyl (C=O) groups excluding carboxylic acids is 1. The van der Waals surface area contributed by atoms with Crippen LogP contribution in [-0.4, -0.2) is 29.9 Å². The summed E-state index contributed by atoms with van der Waals surface area (Å²) in [5.41, 5.74) is 2.53. The average Bonchev–Trinajstić information content (AvgIpc) is 2.60. The normalized spacial score (nSPS) is 16.7. The van der Waals surface area contributed by atoms with E-state index in [2.05, 4.69) is 4.99 Å². The van der Waals surface area contributed by atoms with Crippen LogP contribution >= 0.6 is 0 Å². The molecule has 116 valence electrons. The van der Waals surface area contributed by atoms with Gasteiger partial charge in [0, 0.05) is 13.1 Å². The van der Waals surface area contributed by atoms with E-state index in [1.807, 2.05) is 29.2 Å². The largest absolute Gasteiger partial charge is 0.307 e. The zero-order chi connectivity index (χ0) is 15.8. The third kappa shape index (κ3) is 2.38. The van der Waals surface area contributed by atoms with Crippen LogP contribution in [0.15, 0.2) is 53.5 Å². The van der Waals surface area contributed by atoms with Crippen LogP contribution in [0.25, 0.3) is 0 Å². The van der Waals surface area contributed by atoms with Crippen molar-refractivity contribution in [2.24, 2.45) is 4.99 Å². The molecule has 0 fully saturated rings. The highest BCUT2D eigenvalue weighted by atomic mass is 19.1. The Morgan fingerprint density at radius 3 is 2.70 bits per heavy atom. The third-order valence-electron chi connectivity index (χ3n) is 4.20. The van der Waals surface area contributed by atoms with Gasteiger partial charge in [-0.1, -0.05) is 24.3 Å². The molecule has 1 amide bonds. The molecule has 4 rings (SSSR count). The predicted octanol–water partition coefficient (Wildman–Crippen LogP) is 3.05. The fraction of sp³-hybridized carbons (Fsp3) is 0.222. The lowest BCUT2D eigenvalue weighted by atomic mass is 10.1. The number of rotatable bonds is 2. The topological polar surface area (TPSA) is 35.9 Å². The maximum atomic E-state index is 13.1. The van der Waals surface area contributed by atoms with Gasteiger partial charge in [0.1, 0.15) is 5.82 Å². The SMILES string of the molecule is O=C1c2ccccc2N(Cc2ccc(F)cc2)C2=NCCCN12. The van der Waals surface area contributed by atoms with E-state index in [0.717, 1.165) is 24.2 Å². The summed E-state index contributed by atoms with van der Waals surface area (Å²) < 4.78 is 13.1. The zero-order valence-electron chi connectivity index (χ0n) is 12.6. The number of fused-ring (bicyclic) bond motifs is 2. The van der Waals surface area contributed by atoms with E-state index in [-0.39, 0.29) is 11.7 Å². The van der Waals surface area contributed by atoms with E-state index in [0.29, 0.717) is 24.6 Å². The van der Waals surface area contributed by atoms with Crippen molar-refractivity contribution in [2.75, 3.05) is 18.0 Å². The molecule has 0 spiro atoms. The number of guanidine groups is 1. The second kappa shape index (κ2) is 5.50. The van der Waals surface area contributed by atoms with E-state index in [9.17, 15) is 9.18 Å². The van der Waals surface area contributed by atoms with Crippen LogP contribution in [0, 0.1) is 5.82 Å². The monoisotopic (exact) mass is 309 g/mol. The summed E-state index contributed by atoms with van der Waals surface area (Å²) in [5, 5.41) is 0. The molecule has 4 nitrogen and oxygen atoms in total.